The highest BCUT2D eigenvalue weighted by molar-refractivity contribution is 5.75. The van der Waals surface area contributed by atoms with Gasteiger partial charge in [0.1, 0.15) is 5.78 Å². The van der Waals surface area contributed by atoms with Gasteiger partial charge in [0.05, 0.1) is 0 Å². The minimum absolute atomic E-state index is 0.347. The summed E-state index contributed by atoms with van der Waals surface area (Å²) in [5.74, 6) is 0.347. The average Bonchev–Trinajstić information content (AvgIpc) is 3.00. The normalized spacial score (nSPS) is 11.3. The van der Waals surface area contributed by atoms with Crippen molar-refractivity contribution in [1.82, 2.24) is 0 Å². The molecule has 0 saturated carbocycles. The summed E-state index contributed by atoms with van der Waals surface area (Å²) in [6, 6.07) is 0. The van der Waals surface area contributed by atoms with Crippen molar-refractivity contribution in [2.45, 2.75) is 239 Å². The highest BCUT2D eigenvalue weighted by Crippen LogP contribution is 2.14. The summed E-state index contributed by atoms with van der Waals surface area (Å²) >= 11 is 0. The highest BCUT2D eigenvalue weighted by atomic mass is 16.2. The van der Waals surface area contributed by atoms with Crippen LogP contribution in [0.1, 0.15) is 239 Å². The Morgan fingerprint density at radius 3 is 0.930 bits per heavy atom. The lowest BCUT2D eigenvalue weighted by Gasteiger charge is -2.03. The Balaban J connectivity index is 0. The zero-order chi connectivity index (χ0) is 31.7. The third-order valence-electron chi connectivity index (χ3n) is 8.80. The van der Waals surface area contributed by atoms with E-state index < -0.39 is 0 Å². The summed E-state index contributed by atoms with van der Waals surface area (Å²) < 4.78 is 0. The molecule has 0 aliphatic heterocycles. The summed E-state index contributed by atoms with van der Waals surface area (Å²) in [4.78, 5) is 10.8. The number of carbonyl (C=O) groups is 1. The molecule has 0 aliphatic carbocycles. The fraction of sp³-hybridized carbons (Fsp3) is 0.927. The first kappa shape index (κ1) is 44.5. The van der Waals surface area contributed by atoms with Crippen LogP contribution in [-0.2, 0) is 4.79 Å². The van der Waals surface area contributed by atoms with Crippen molar-refractivity contribution >= 4 is 5.78 Å². The largest absolute Gasteiger partial charge is 0.396 e. The van der Waals surface area contributed by atoms with E-state index in [4.69, 9.17) is 5.11 Å². The molecule has 2 nitrogen and oxygen atoms in total. The summed E-state index contributed by atoms with van der Waals surface area (Å²) in [6.07, 6.45) is 50.7. The van der Waals surface area contributed by atoms with E-state index in [2.05, 4.69) is 26.0 Å². The summed E-state index contributed by atoms with van der Waals surface area (Å²) in [5.41, 5.74) is 0. The molecule has 0 heterocycles. The molecule has 258 valence electrons. The van der Waals surface area contributed by atoms with Crippen LogP contribution in [-0.4, -0.2) is 17.5 Å². The molecule has 0 atom stereocenters. The van der Waals surface area contributed by atoms with Gasteiger partial charge in [-0.25, -0.2) is 0 Å². The van der Waals surface area contributed by atoms with Crippen molar-refractivity contribution in [3.63, 3.8) is 0 Å². The van der Waals surface area contributed by atoms with Gasteiger partial charge in [-0.3, -0.25) is 0 Å². The molecular weight excluding hydrogens is 524 g/mol. The molecule has 0 aromatic heterocycles. The highest BCUT2D eigenvalue weighted by Gasteiger charge is 1.96. The van der Waals surface area contributed by atoms with Gasteiger partial charge in [-0.05, 0) is 45.4 Å². The van der Waals surface area contributed by atoms with E-state index in [1.165, 1.54) is 199 Å². The second-order valence-corrected chi connectivity index (χ2v) is 13.5. The quantitative estimate of drug-likeness (QED) is 0.0575. The van der Waals surface area contributed by atoms with Crippen LogP contribution in [0, 0.1) is 0 Å². The van der Waals surface area contributed by atoms with Crippen LogP contribution < -0.4 is 0 Å². The molecule has 0 bridgehead atoms. The van der Waals surface area contributed by atoms with Crippen molar-refractivity contribution in [2.24, 2.45) is 0 Å². The fourth-order valence-electron chi connectivity index (χ4n) is 5.81. The summed E-state index contributed by atoms with van der Waals surface area (Å²) in [6.45, 7) is 6.63. The lowest BCUT2D eigenvalue weighted by molar-refractivity contribution is -0.117. The van der Waals surface area contributed by atoms with Crippen molar-refractivity contribution < 1.29 is 9.90 Å². The van der Waals surface area contributed by atoms with Crippen LogP contribution in [0.5, 0.6) is 0 Å². The first-order valence-corrected chi connectivity index (χ1v) is 19.9. The van der Waals surface area contributed by atoms with E-state index in [-0.39, 0.29) is 0 Å². The molecule has 0 amide bonds. The average molecular weight is 607 g/mol. The maximum atomic E-state index is 10.8. The number of Topliss-reactive ketones (excluding diaryl/α,β-unsaturated/α-hetero) is 1. The van der Waals surface area contributed by atoms with Crippen LogP contribution in [0.3, 0.4) is 0 Å². The minimum atomic E-state index is 0.347. The summed E-state index contributed by atoms with van der Waals surface area (Å²) in [5, 5.41) is 8.71. The van der Waals surface area contributed by atoms with Gasteiger partial charge in [0.2, 0.25) is 0 Å². The second-order valence-electron chi connectivity index (χ2n) is 13.5. The zero-order valence-electron chi connectivity index (χ0n) is 30.3. The molecule has 0 radical (unpaired) electrons. The Kier molecular flexibility index (Phi) is 45.0. The number of carbonyl (C=O) groups excluding carboxylic acids is 1. The minimum Gasteiger partial charge on any atom is -0.396 e. The smallest absolute Gasteiger partial charge is 0.129 e. The molecule has 2 heteroatoms. The lowest BCUT2D eigenvalue weighted by atomic mass is 10.0. The standard InChI is InChI=1S/C22H44O.C19H38O/c1-2-3-4-5-6-7-8-9-10-11-12-13-14-15-16-17-18-19-20-21-22-23;1-3-4-5-6-7-8-9-10-11-12-13-14-15-16-17-18-19(2)20/h9-10,23H,2-8,11-22H2,1H3;3-18H2,1-2H3/b10-9-;. The van der Waals surface area contributed by atoms with Crippen molar-refractivity contribution in [3.8, 4) is 0 Å². The number of allylic oxidation sites excluding steroid dienone is 2. The fourth-order valence-corrected chi connectivity index (χ4v) is 5.81. The maximum absolute atomic E-state index is 10.8. The van der Waals surface area contributed by atoms with E-state index in [1.807, 2.05) is 0 Å². The molecule has 43 heavy (non-hydrogen) atoms. The van der Waals surface area contributed by atoms with Crippen LogP contribution in [0.2, 0.25) is 0 Å². The Hall–Kier alpha value is -0.630. The molecule has 0 unspecified atom stereocenters. The number of ketones is 1. The third kappa shape index (κ3) is 48.5. The molecule has 0 fully saturated rings. The van der Waals surface area contributed by atoms with Gasteiger partial charge in [-0.1, -0.05) is 199 Å². The predicted molar refractivity (Wildman–Crippen MR) is 195 cm³/mol. The van der Waals surface area contributed by atoms with Gasteiger partial charge >= 0.3 is 0 Å². The molecule has 0 saturated heterocycles. The van der Waals surface area contributed by atoms with Gasteiger partial charge in [0.15, 0.2) is 0 Å². The van der Waals surface area contributed by atoms with Gasteiger partial charge in [-0.15, -0.1) is 0 Å². The Morgan fingerprint density at radius 1 is 0.395 bits per heavy atom. The van der Waals surface area contributed by atoms with E-state index in [9.17, 15) is 4.79 Å². The number of aliphatic hydroxyl groups excluding tert-OH is 1. The number of unbranched alkanes of at least 4 members (excludes halogenated alkanes) is 30. The monoisotopic (exact) mass is 607 g/mol. The molecule has 0 aliphatic rings. The van der Waals surface area contributed by atoms with E-state index >= 15 is 0 Å². The molecule has 0 aromatic rings. The number of aliphatic hydroxyl groups is 1. The van der Waals surface area contributed by atoms with E-state index in [0.29, 0.717) is 12.4 Å². The van der Waals surface area contributed by atoms with E-state index in [0.717, 1.165) is 19.3 Å². The van der Waals surface area contributed by atoms with Gasteiger partial charge in [0, 0.05) is 13.0 Å². The first-order valence-electron chi connectivity index (χ1n) is 19.9. The molecule has 0 rings (SSSR count). The predicted octanol–water partition coefficient (Wildman–Crippen LogP) is 14.4. The molecular formula is C41H82O2. The first-order chi connectivity index (χ1) is 21.2. The lowest BCUT2D eigenvalue weighted by Crippen LogP contribution is -1.89. The van der Waals surface area contributed by atoms with Crippen molar-refractivity contribution in [3.05, 3.63) is 12.2 Å². The van der Waals surface area contributed by atoms with E-state index in [1.54, 1.807) is 6.92 Å². The van der Waals surface area contributed by atoms with Crippen molar-refractivity contribution in [2.75, 3.05) is 6.61 Å². The maximum Gasteiger partial charge on any atom is 0.129 e. The third-order valence-corrected chi connectivity index (χ3v) is 8.80. The SMILES string of the molecule is CCCCCCCC/C=C\CCCCCCCCCCCCO.CCCCCCCCCCCCCCCCCC(C)=O. The van der Waals surface area contributed by atoms with Crippen LogP contribution in [0.25, 0.3) is 0 Å². The molecule has 1 N–H and O–H groups in total. The van der Waals surface area contributed by atoms with Gasteiger partial charge in [-0.2, -0.15) is 0 Å². The summed E-state index contributed by atoms with van der Waals surface area (Å²) in [7, 11) is 0. The second kappa shape index (κ2) is 43.5. The Bertz CT molecular complexity index is 512. The van der Waals surface area contributed by atoms with Gasteiger partial charge < -0.3 is 9.90 Å². The van der Waals surface area contributed by atoms with Crippen LogP contribution in [0.15, 0.2) is 12.2 Å². The molecule has 0 aromatic carbocycles. The Morgan fingerprint density at radius 2 is 0.651 bits per heavy atom. The molecule has 0 spiro atoms. The van der Waals surface area contributed by atoms with Gasteiger partial charge in [0.25, 0.3) is 0 Å². The Labute approximate surface area is 273 Å². The number of rotatable bonds is 35. The van der Waals surface area contributed by atoms with Crippen LogP contribution >= 0.6 is 0 Å². The topological polar surface area (TPSA) is 37.3 Å². The van der Waals surface area contributed by atoms with Crippen molar-refractivity contribution in [1.29, 1.82) is 0 Å². The van der Waals surface area contributed by atoms with Crippen LogP contribution in [0.4, 0.5) is 0 Å². The number of hydrogen-bond acceptors (Lipinski definition) is 2. The zero-order valence-corrected chi connectivity index (χ0v) is 30.3. The number of hydrogen-bond donors (Lipinski definition) is 1.